The van der Waals surface area contributed by atoms with E-state index in [2.05, 4.69) is 9.80 Å². The van der Waals surface area contributed by atoms with Crippen LogP contribution < -0.4 is 0 Å². The maximum absolute atomic E-state index is 13.3. The monoisotopic (exact) mass is 372 g/mol. The van der Waals surface area contributed by atoms with E-state index in [0.29, 0.717) is 29.6 Å². The van der Waals surface area contributed by atoms with Crippen LogP contribution >= 0.6 is 0 Å². The van der Waals surface area contributed by atoms with Gasteiger partial charge in [0.15, 0.2) is 0 Å². The van der Waals surface area contributed by atoms with Gasteiger partial charge in [-0.15, -0.1) is 0 Å². The molecule has 2 amide bonds. The van der Waals surface area contributed by atoms with Crippen LogP contribution in [0, 0.1) is 35.5 Å². The summed E-state index contributed by atoms with van der Waals surface area (Å²) in [6.45, 7) is 3.52. The molecule has 0 aromatic heterocycles. The standard InChI is InChI=1S/C23H36N2O2/c26-22(24-7-3-1-2-4-8-24)18-5-9-25(10-6-18)23(27)21-19-12-16-11-17(14-19)15-20(21)13-16/h16-21H,1-15H2. The van der Waals surface area contributed by atoms with Crippen molar-refractivity contribution in [1.29, 1.82) is 0 Å². The van der Waals surface area contributed by atoms with Crippen LogP contribution in [0.15, 0.2) is 0 Å². The van der Waals surface area contributed by atoms with Crippen molar-refractivity contribution in [3.05, 3.63) is 0 Å². The molecule has 4 bridgehead atoms. The zero-order valence-electron chi connectivity index (χ0n) is 16.8. The number of likely N-dealkylation sites (tertiary alicyclic amines) is 2. The molecule has 6 rings (SSSR count). The molecule has 6 aliphatic rings. The zero-order valence-corrected chi connectivity index (χ0v) is 16.8. The summed E-state index contributed by atoms with van der Waals surface area (Å²) in [6.07, 6.45) is 13.3. The smallest absolute Gasteiger partial charge is 0.226 e. The average molecular weight is 373 g/mol. The molecule has 0 aromatic rings. The first-order valence-corrected chi connectivity index (χ1v) is 11.8. The molecule has 0 N–H and O–H groups in total. The van der Waals surface area contributed by atoms with Crippen molar-refractivity contribution in [2.45, 2.75) is 70.6 Å². The van der Waals surface area contributed by atoms with Gasteiger partial charge in [0.05, 0.1) is 0 Å². The molecule has 0 radical (unpaired) electrons. The average Bonchev–Trinajstić information content (AvgIpc) is 2.96. The van der Waals surface area contributed by atoms with E-state index in [-0.39, 0.29) is 5.92 Å². The molecule has 2 heterocycles. The maximum Gasteiger partial charge on any atom is 0.226 e. The van der Waals surface area contributed by atoms with Crippen LogP contribution in [0.1, 0.15) is 70.6 Å². The second-order valence-corrected chi connectivity index (χ2v) is 10.3. The van der Waals surface area contributed by atoms with E-state index in [4.69, 9.17) is 0 Å². The van der Waals surface area contributed by atoms with Crippen LogP contribution in [0.3, 0.4) is 0 Å². The molecule has 4 nitrogen and oxygen atoms in total. The summed E-state index contributed by atoms with van der Waals surface area (Å²) in [5.74, 6) is 4.49. The third-order valence-corrected chi connectivity index (χ3v) is 8.59. The van der Waals surface area contributed by atoms with Crippen LogP contribution in [0.5, 0.6) is 0 Å². The third kappa shape index (κ3) is 3.42. The van der Waals surface area contributed by atoms with Gasteiger partial charge in [-0.05, 0) is 81.5 Å². The summed E-state index contributed by atoms with van der Waals surface area (Å²) in [6, 6.07) is 0. The van der Waals surface area contributed by atoms with Gasteiger partial charge >= 0.3 is 0 Å². The Balaban J connectivity index is 1.17. The Morgan fingerprint density at radius 3 is 1.67 bits per heavy atom. The molecule has 0 atom stereocenters. The number of nitrogens with zero attached hydrogens (tertiary/aromatic N) is 2. The van der Waals surface area contributed by atoms with Crippen LogP contribution in [-0.4, -0.2) is 47.8 Å². The van der Waals surface area contributed by atoms with Crippen LogP contribution in [-0.2, 0) is 9.59 Å². The third-order valence-electron chi connectivity index (χ3n) is 8.59. The van der Waals surface area contributed by atoms with E-state index in [0.717, 1.165) is 63.7 Å². The molecule has 4 saturated carbocycles. The van der Waals surface area contributed by atoms with Gasteiger partial charge in [0.2, 0.25) is 11.8 Å². The minimum Gasteiger partial charge on any atom is -0.342 e. The molecular weight excluding hydrogens is 336 g/mol. The van der Waals surface area contributed by atoms with Gasteiger partial charge in [-0.2, -0.15) is 0 Å². The Labute approximate surface area is 164 Å². The summed E-state index contributed by atoms with van der Waals surface area (Å²) in [4.78, 5) is 30.5. The highest BCUT2D eigenvalue weighted by atomic mass is 16.2. The van der Waals surface area contributed by atoms with Crippen molar-refractivity contribution >= 4 is 11.8 Å². The van der Waals surface area contributed by atoms with Gasteiger partial charge in [0, 0.05) is 38.0 Å². The largest absolute Gasteiger partial charge is 0.342 e. The predicted molar refractivity (Wildman–Crippen MR) is 105 cm³/mol. The Bertz CT molecular complexity index is 545. The highest BCUT2D eigenvalue weighted by Crippen LogP contribution is 2.57. The van der Waals surface area contributed by atoms with E-state index in [1.807, 2.05) is 0 Å². The fourth-order valence-electron chi connectivity index (χ4n) is 7.44. The van der Waals surface area contributed by atoms with Crippen molar-refractivity contribution in [1.82, 2.24) is 9.80 Å². The SMILES string of the molecule is O=C(C1CCN(C(=O)C2C3CC4CC(C3)CC2C4)CC1)N1CCCCCC1. The Morgan fingerprint density at radius 2 is 1.11 bits per heavy atom. The lowest BCUT2D eigenvalue weighted by atomic mass is 9.51. The molecule has 0 aromatic carbocycles. The van der Waals surface area contributed by atoms with Crippen molar-refractivity contribution in [3.8, 4) is 0 Å². The number of piperidine rings is 1. The number of carbonyl (C=O) groups is 2. The van der Waals surface area contributed by atoms with E-state index >= 15 is 0 Å². The number of carbonyl (C=O) groups excluding carboxylic acids is 2. The van der Waals surface area contributed by atoms with Crippen LogP contribution in [0.25, 0.3) is 0 Å². The van der Waals surface area contributed by atoms with Crippen molar-refractivity contribution in [2.24, 2.45) is 35.5 Å². The summed E-state index contributed by atoms with van der Waals surface area (Å²) in [5.41, 5.74) is 0. The lowest BCUT2D eigenvalue weighted by Crippen LogP contribution is -2.53. The molecule has 4 heteroatoms. The summed E-state index contributed by atoms with van der Waals surface area (Å²) < 4.78 is 0. The van der Waals surface area contributed by atoms with Crippen molar-refractivity contribution in [2.75, 3.05) is 26.2 Å². The van der Waals surface area contributed by atoms with E-state index in [1.54, 1.807) is 0 Å². The Kier molecular flexibility index (Phi) is 4.94. The molecule has 2 saturated heterocycles. The predicted octanol–water partition coefficient (Wildman–Crippen LogP) is 3.70. The van der Waals surface area contributed by atoms with E-state index in [9.17, 15) is 9.59 Å². The molecule has 6 fully saturated rings. The number of hydrogen-bond donors (Lipinski definition) is 0. The highest BCUT2D eigenvalue weighted by molar-refractivity contribution is 5.81. The van der Waals surface area contributed by atoms with Gasteiger partial charge in [-0.1, -0.05) is 12.8 Å². The molecule has 0 unspecified atom stereocenters. The van der Waals surface area contributed by atoms with Crippen molar-refractivity contribution in [3.63, 3.8) is 0 Å². The van der Waals surface area contributed by atoms with Crippen LogP contribution in [0.4, 0.5) is 0 Å². The Morgan fingerprint density at radius 1 is 0.593 bits per heavy atom. The maximum atomic E-state index is 13.3. The zero-order chi connectivity index (χ0) is 18.4. The van der Waals surface area contributed by atoms with Gasteiger partial charge in [-0.3, -0.25) is 9.59 Å². The number of hydrogen-bond acceptors (Lipinski definition) is 2. The number of rotatable bonds is 2. The highest BCUT2D eigenvalue weighted by Gasteiger charge is 2.51. The van der Waals surface area contributed by atoms with Gasteiger partial charge in [0.25, 0.3) is 0 Å². The minimum atomic E-state index is 0.158. The second kappa shape index (κ2) is 7.40. The molecule has 2 aliphatic heterocycles. The van der Waals surface area contributed by atoms with E-state index < -0.39 is 0 Å². The fourth-order valence-corrected chi connectivity index (χ4v) is 7.44. The van der Waals surface area contributed by atoms with Gasteiger partial charge in [-0.25, -0.2) is 0 Å². The van der Waals surface area contributed by atoms with Crippen molar-refractivity contribution < 1.29 is 9.59 Å². The van der Waals surface area contributed by atoms with Gasteiger partial charge in [0.1, 0.15) is 0 Å². The molecule has 0 spiro atoms. The van der Waals surface area contributed by atoms with Gasteiger partial charge < -0.3 is 9.80 Å². The lowest BCUT2D eigenvalue weighted by Gasteiger charge is -2.54. The Hall–Kier alpha value is -1.06. The summed E-state index contributed by atoms with van der Waals surface area (Å²) in [7, 11) is 0. The molecule has 4 aliphatic carbocycles. The molecule has 150 valence electrons. The first kappa shape index (κ1) is 18.0. The summed E-state index contributed by atoms with van der Waals surface area (Å²) >= 11 is 0. The molecule has 27 heavy (non-hydrogen) atoms. The van der Waals surface area contributed by atoms with E-state index in [1.165, 1.54) is 44.9 Å². The first-order valence-electron chi connectivity index (χ1n) is 11.8. The quantitative estimate of drug-likeness (QED) is 0.741. The second-order valence-electron chi connectivity index (χ2n) is 10.3. The lowest BCUT2D eigenvalue weighted by molar-refractivity contribution is -0.152. The fraction of sp³-hybridized carbons (Fsp3) is 0.913. The summed E-state index contributed by atoms with van der Waals surface area (Å²) in [5, 5.41) is 0. The minimum absolute atomic E-state index is 0.158. The van der Waals surface area contributed by atoms with Crippen LogP contribution in [0.2, 0.25) is 0 Å². The topological polar surface area (TPSA) is 40.6 Å². The normalized spacial score (nSPS) is 39.5. The first-order chi connectivity index (χ1) is 13.2. The number of amides is 2. The molecular formula is C23H36N2O2.